The summed E-state index contributed by atoms with van der Waals surface area (Å²) >= 11 is 0. The van der Waals surface area contributed by atoms with Gasteiger partial charge in [0.15, 0.2) is 5.76 Å². The lowest BCUT2D eigenvalue weighted by Gasteiger charge is -2.60. The molecule has 22 heavy (non-hydrogen) atoms. The van der Waals surface area contributed by atoms with Gasteiger partial charge in [-0.1, -0.05) is 18.2 Å². The standard InChI is InChI=1S/C18H23NO3/c1-19-8-7-18-11-4-6-14(21-2)17(18)22-16-13(20)5-3-10(15(16)18)9-12(11)19/h3-6,10-12,14-15,17,20H,7-9H2,1-2H3/t10?,11?,12-,14?,15?,17+,18+/m1/s1. The topological polar surface area (TPSA) is 41.9 Å². The molecule has 118 valence electrons. The highest BCUT2D eigenvalue weighted by Crippen LogP contribution is 2.67. The van der Waals surface area contributed by atoms with Crippen molar-refractivity contribution in [1.82, 2.24) is 4.90 Å². The maximum absolute atomic E-state index is 10.4. The zero-order valence-corrected chi connectivity index (χ0v) is 13.1. The normalized spacial score (nSPS) is 51.7. The Kier molecular flexibility index (Phi) is 2.51. The third kappa shape index (κ3) is 1.32. The first kappa shape index (κ1) is 13.2. The first-order valence-electron chi connectivity index (χ1n) is 8.36. The van der Waals surface area contributed by atoms with Gasteiger partial charge in [0.25, 0.3) is 0 Å². The van der Waals surface area contributed by atoms with Crippen molar-refractivity contribution in [2.24, 2.45) is 23.2 Å². The van der Waals surface area contributed by atoms with Crippen LogP contribution < -0.4 is 0 Å². The number of nitrogens with zero attached hydrogens (tertiary/aromatic N) is 1. The second kappa shape index (κ2) is 4.18. The summed E-state index contributed by atoms with van der Waals surface area (Å²) in [6.45, 7) is 1.10. The fourth-order valence-corrected chi connectivity index (χ4v) is 6.02. The van der Waals surface area contributed by atoms with E-state index in [1.807, 2.05) is 6.08 Å². The van der Waals surface area contributed by atoms with Crippen LogP contribution in [-0.4, -0.2) is 49.0 Å². The van der Waals surface area contributed by atoms with E-state index in [-0.39, 0.29) is 17.6 Å². The highest BCUT2D eigenvalue weighted by molar-refractivity contribution is 5.37. The fourth-order valence-electron chi connectivity index (χ4n) is 6.02. The van der Waals surface area contributed by atoms with Crippen LogP contribution in [0.1, 0.15) is 12.8 Å². The van der Waals surface area contributed by atoms with E-state index in [1.54, 1.807) is 7.11 Å². The molecule has 7 atom stereocenters. The van der Waals surface area contributed by atoms with Crippen molar-refractivity contribution in [2.75, 3.05) is 20.7 Å². The Morgan fingerprint density at radius 1 is 1.36 bits per heavy atom. The molecular formula is C18H23NO3. The molecule has 1 N–H and O–H groups in total. The summed E-state index contributed by atoms with van der Waals surface area (Å²) < 4.78 is 12.1. The van der Waals surface area contributed by atoms with Crippen LogP contribution in [0.3, 0.4) is 0 Å². The van der Waals surface area contributed by atoms with Gasteiger partial charge in [-0.2, -0.15) is 0 Å². The van der Waals surface area contributed by atoms with Gasteiger partial charge in [0, 0.05) is 30.4 Å². The van der Waals surface area contributed by atoms with Gasteiger partial charge in [-0.3, -0.25) is 0 Å². The molecular weight excluding hydrogens is 278 g/mol. The molecule has 4 heteroatoms. The van der Waals surface area contributed by atoms with E-state index in [9.17, 15) is 5.11 Å². The Bertz CT molecular complexity index is 609. The third-order valence-corrected chi connectivity index (χ3v) is 6.92. The molecule has 1 spiro atoms. The fraction of sp³-hybridized carbons (Fsp3) is 0.667. The van der Waals surface area contributed by atoms with Crippen molar-refractivity contribution in [1.29, 1.82) is 0 Å². The van der Waals surface area contributed by atoms with Crippen molar-refractivity contribution in [3.05, 3.63) is 35.8 Å². The number of rotatable bonds is 1. The van der Waals surface area contributed by atoms with E-state index in [4.69, 9.17) is 9.47 Å². The minimum Gasteiger partial charge on any atom is -0.504 e. The first-order chi connectivity index (χ1) is 10.7. The molecule has 0 amide bonds. The molecule has 4 nitrogen and oxygen atoms in total. The number of hydrogen-bond acceptors (Lipinski definition) is 4. The summed E-state index contributed by atoms with van der Waals surface area (Å²) in [5.41, 5.74) is 0.0869. The number of aliphatic hydroxyl groups excluding tert-OH is 1. The third-order valence-electron chi connectivity index (χ3n) is 6.92. The molecule has 0 radical (unpaired) electrons. The molecule has 0 aromatic heterocycles. The zero-order chi connectivity index (χ0) is 15.1. The predicted octanol–water partition coefficient (Wildman–Crippen LogP) is 2.25. The highest BCUT2D eigenvalue weighted by Gasteiger charge is 2.69. The quantitative estimate of drug-likeness (QED) is 0.754. The van der Waals surface area contributed by atoms with Gasteiger partial charge in [-0.25, -0.2) is 0 Å². The maximum atomic E-state index is 10.4. The largest absolute Gasteiger partial charge is 0.504 e. The number of piperidine rings is 1. The zero-order valence-electron chi connectivity index (χ0n) is 13.1. The minimum atomic E-state index is -0.00930. The number of likely N-dealkylation sites (tertiary alicyclic amines) is 1. The Balaban J connectivity index is 1.73. The van der Waals surface area contributed by atoms with Crippen molar-refractivity contribution in [3.8, 4) is 0 Å². The van der Waals surface area contributed by atoms with E-state index in [2.05, 4.69) is 30.2 Å². The molecule has 2 saturated heterocycles. The molecule has 0 aromatic rings. The van der Waals surface area contributed by atoms with Crippen molar-refractivity contribution in [2.45, 2.75) is 31.1 Å². The first-order valence-corrected chi connectivity index (χ1v) is 8.36. The van der Waals surface area contributed by atoms with Crippen LogP contribution in [0.15, 0.2) is 35.8 Å². The van der Waals surface area contributed by atoms with Crippen LogP contribution in [0.2, 0.25) is 0 Å². The van der Waals surface area contributed by atoms with Gasteiger partial charge in [0.1, 0.15) is 18.0 Å². The number of methoxy groups -OCH3 is 1. The van der Waals surface area contributed by atoms with Crippen LogP contribution in [0, 0.1) is 23.2 Å². The van der Waals surface area contributed by atoms with Crippen LogP contribution >= 0.6 is 0 Å². The highest BCUT2D eigenvalue weighted by atomic mass is 16.5. The summed E-state index contributed by atoms with van der Waals surface area (Å²) in [6.07, 6.45) is 10.9. The van der Waals surface area contributed by atoms with E-state index in [0.717, 1.165) is 25.1 Å². The molecule has 3 fully saturated rings. The number of aliphatic hydroxyl groups is 1. The summed E-state index contributed by atoms with van der Waals surface area (Å²) in [4.78, 5) is 2.52. The van der Waals surface area contributed by atoms with Gasteiger partial charge in [-0.15, -0.1) is 0 Å². The number of hydrogen-bond donors (Lipinski definition) is 1. The molecule has 0 aromatic carbocycles. The average Bonchev–Trinajstić information content (AvgIpc) is 2.88. The second-order valence-corrected chi connectivity index (χ2v) is 7.55. The van der Waals surface area contributed by atoms with Crippen LogP contribution in [0.4, 0.5) is 0 Å². The predicted molar refractivity (Wildman–Crippen MR) is 82.2 cm³/mol. The molecule has 2 aliphatic heterocycles. The lowest BCUT2D eigenvalue weighted by molar-refractivity contribution is -0.130. The number of allylic oxidation sites excluding steroid dienone is 3. The van der Waals surface area contributed by atoms with Gasteiger partial charge in [0.2, 0.25) is 0 Å². The number of ether oxygens (including phenoxy) is 2. The molecule has 2 heterocycles. The van der Waals surface area contributed by atoms with E-state index >= 15 is 0 Å². The Labute approximate surface area is 131 Å². The van der Waals surface area contributed by atoms with E-state index in [1.165, 1.54) is 0 Å². The minimum absolute atomic E-state index is 0.00930. The second-order valence-electron chi connectivity index (χ2n) is 7.55. The Morgan fingerprint density at radius 2 is 2.23 bits per heavy atom. The van der Waals surface area contributed by atoms with Crippen molar-refractivity contribution < 1.29 is 14.6 Å². The molecule has 1 saturated carbocycles. The summed E-state index contributed by atoms with van der Waals surface area (Å²) in [5, 5.41) is 10.4. The summed E-state index contributed by atoms with van der Waals surface area (Å²) in [5.74, 6) is 2.46. The van der Waals surface area contributed by atoms with E-state index in [0.29, 0.717) is 29.6 Å². The van der Waals surface area contributed by atoms with Crippen LogP contribution in [0.5, 0.6) is 0 Å². The van der Waals surface area contributed by atoms with Gasteiger partial charge >= 0.3 is 0 Å². The Hall–Kier alpha value is -1.26. The molecule has 3 aliphatic carbocycles. The van der Waals surface area contributed by atoms with Gasteiger partial charge < -0.3 is 19.5 Å². The average molecular weight is 301 g/mol. The van der Waals surface area contributed by atoms with Crippen molar-refractivity contribution >= 4 is 0 Å². The van der Waals surface area contributed by atoms with Crippen LogP contribution in [-0.2, 0) is 9.47 Å². The van der Waals surface area contributed by atoms with Gasteiger partial charge in [0.05, 0.1) is 0 Å². The summed E-state index contributed by atoms with van der Waals surface area (Å²) in [6, 6.07) is 0.569. The molecule has 5 aliphatic rings. The van der Waals surface area contributed by atoms with Crippen LogP contribution in [0.25, 0.3) is 0 Å². The van der Waals surface area contributed by atoms with Crippen molar-refractivity contribution in [3.63, 3.8) is 0 Å². The lowest BCUT2D eigenvalue weighted by atomic mass is 9.48. The molecule has 5 rings (SSSR count). The maximum Gasteiger partial charge on any atom is 0.153 e. The lowest BCUT2D eigenvalue weighted by Crippen LogP contribution is -2.65. The SMILES string of the molecule is COC1C=CC2[C@H]3CC4C=CC(O)=C5O[C@@H]1[C@]2(CCN3C)C54. The molecule has 2 bridgehead atoms. The summed E-state index contributed by atoms with van der Waals surface area (Å²) in [7, 11) is 4.01. The monoisotopic (exact) mass is 301 g/mol. The van der Waals surface area contributed by atoms with Gasteiger partial charge in [-0.05, 0) is 38.4 Å². The smallest absolute Gasteiger partial charge is 0.153 e. The van der Waals surface area contributed by atoms with E-state index < -0.39 is 0 Å². The Morgan fingerprint density at radius 3 is 3.05 bits per heavy atom. The molecule has 4 unspecified atom stereocenters.